The summed E-state index contributed by atoms with van der Waals surface area (Å²) in [6.07, 6.45) is 1.85. The van der Waals surface area contributed by atoms with Gasteiger partial charge in [-0.3, -0.25) is 9.59 Å². The fourth-order valence-electron chi connectivity index (χ4n) is 4.55. The summed E-state index contributed by atoms with van der Waals surface area (Å²) in [5.41, 5.74) is 2.24. The largest absolute Gasteiger partial charge is 0.326 e. The van der Waals surface area contributed by atoms with Crippen LogP contribution in [-0.2, 0) is 26.0 Å². The number of carbonyl (C=O) groups is 2. The maximum atomic E-state index is 13.3. The lowest BCUT2D eigenvalue weighted by atomic mass is 9.99. The van der Waals surface area contributed by atoms with Gasteiger partial charge in [-0.05, 0) is 74.2 Å². The van der Waals surface area contributed by atoms with Crippen molar-refractivity contribution in [2.75, 3.05) is 23.3 Å². The summed E-state index contributed by atoms with van der Waals surface area (Å²) >= 11 is 5.89. The average molecular weight is 476 g/mol. The first kappa shape index (κ1) is 22.8. The maximum absolute atomic E-state index is 13.3. The molecule has 7 nitrogen and oxygen atoms in total. The van der Waals surface area contributed by atoms with Crippen LogP contribution in [0.5, 0.6) is 0 Å². The number of rotatable bonds is 4. The maximum Gasteiger partial charge on any atom is 0.243 e. The van der Waals surface area contributed by atoms with Crippen LogP contribution in [0.25, 0.3) is 0 Å². The summed E-state index contributed by atoms with van der Waals surface area (Å²) < 4.78 is 28.1. The van der Waals surface area contributed by atoms with E-state index in [-0.39, 0.29) is 29.3 Å². The molecule has 2 aliphatic heterocycles. The number of halogens is 1. The van der Waals surface area contributed by atoms with Gasteiger partial charge in [-0.2, -0.15) is 4.31 Å². The molecular weight excluding hydrogens is 450 g/mol. The lowest BCUT2D eigenvalue weighted by Gasteiger charge is -2.31. The van der Waals surface area contributed by atoms with Crippen LogP contribution in [0.15, 0.2) is 47.4 Å². The minimum absolute atomic E-state index is 0.00335. The highest BCUT2D eigenvalue weighted by molar-refractivity contribution is 7.89. The molecule has 1 saturated heterocycles. The Morgan fingerprint density at radius 2 is 1.84 bits per heavy atom. The zero-order valence-corrected chi connectivity index (χ0v) is 19.6. The molecule has 4 rings (SSSR count). The Bertz CT molecular complexity index is 1150. The van der Waals surface area contributed by atoms with Crippen LogP contribution in [-0.4, -0.2) is 43.7 Å². The molecule has 0 bridgehead atoms. The molecule has 2 heterocycles. The number of hydrogen-bond donors (Lipinski definition) is 1. The molecule has 9 heteroatoms. The summed E-state index contributed by atoms with van der Waals surface area (Å²) in [6.45, 7) is 3.97. The first-order valence-electron chi connectivity index (χ1n) is 10.7. The Morgan fingerprint density at radius 1 is 1.12 bits per heavy atom. The Labute approximate surface area is 193 Å². The summed E-state index contributed by atoms with van der Waals surface area (Å²) in [4.78, 5) is 26.6. The summed E-state index contributed by atoms with van der Waals surface area (Å²) in [6, 6.07) is 11.7. The van der Waals surface area contributed by atoms with Crippen molar-refractivity contribution in [3.05, 3.63) is 53.1 Å². The second-order valence-corrected chi connectivity index (χ2v) is 10.8. The van der Waals surface area contributed by atoms with E-state index in [1.54, 1.807) is 47.4 Å². The van der Waals surface area contributed by atoms with Crippen LogP contribution in [0, 0.1) is 5.92 Å². The Hall–Kier alpha value is -2.42. The number of carbonyl (C=O) groups excluding carboxylic acids is 2. The van der Waals surface area contributed by atoms with Crippen LogP contribution >= 0.6 is 11.6 Å². The minimum Gasteiger partial charge on any atom is -0.326 e. The van der Waals surface area contributed by atoms with E-state index in [1.807, 2.05) is 6.92 Å². The molecule has 0 aromatic heterocycles. The predicted molar refractivity (Wildman–Crippen MR) is 124 cm³/mol. The number of nitrogens with zero attached hydrogens (tertiary/aromatic N) is 2. The van der Waals surface area contributed by atoms with Gasteiger partial charge in [0.15, 0.2) is 0 Å². The molecule has 0 unspecified atom stereocenters. The Balaban J connectivity index is 1.50. The van der Waals surface area contributed by atoms with Crippen LogP contribution in [0.4, 0.5) is 11.4 Å². The monoisotopic (exact) mass is 475 g/mol. The van der Waals surface area contributed by atoms with Gasteiger partial charge in [0.05, 0.1) is 10.8 Å². The highest BCUT2D eigenvalue weighted by Gasteiger charge is 2.35. The van der Waals surface area contributed by atoms with E-state index in [4.69, 9.17) is 11.6 Å². The second-order valence-electron chi connectivity index (χ2n) is 8.43. The lowest BCUT2D eigenvalue weighted by molar-refractivity contribution is -0.121. The van der Waals surface area contributed by atoms with Gasteiger partial charge >= 0.3 is 0 Å². The fraction of sp³-hybridized carbons (Fsp3) is 0.391. The highest BCUT2D eigenvalue weighted by atomic mass is 35.5. The number of benzene rings is 2. The normalized spacial score (nSPS) is 21.3. The molecule has 0 spiro atoms. The third-order valence-electron chi connectivity index (χ3n) is 6.11. The number of amides is 2. The molecule has 2 aromatic carbocycles. The zero-order chi connectivity index (χ0) is 23.0. The molecule has 1 N–H and O–H groups in total. The van der Waals surface area contributed by atoms with Crippen LogP contribution in [0.1, 0.15) is 32.3 Å². The number of nitrogens with one attached hydrogen (secondary N) is 1. The predicted octanol–water partition coefficient (Wildman–Crippen LogP) is 3.68. The molecule has 0 radical (unpaired) electrons. The smallest absolute Gasteiger partial charge is 0.243 e. The van der Waals surface area contributed by atoms with E-state index in [1.165, 1.54) is 11.2 Å². The summed E-state index contributed by atoms with van der Waals surface area (Å²) in [5, 5.41) is 3.43. The first-order chi connectivity index (χ1) is 15.2. The number of fused-ring (bicyclic) bond motifs is 1. The Morgan fingerprint density at radius 3 is 2.53 bits per heavy atom. The van der Waals surface area contributed by atoms with E-state index in [9.17, 15) is 18.0 Å². The molecule has 2 atom stereocenters. The topological polar surface area (TPSA) is 86.8 Å². The van der Waals surface area contributed by atoms with E-state index < -0.39 is 15.9 Å². The number of sulfonamides is 1. The van der Waals surface area contributed by atoms with Gasteiger partial charge in [-0.25, -0.2) is 8.42 Å². The number of hydrogen-bond acceptors (Lipinski definition) is 4. The number of anilines is 2. The van der Waals surface area contributed by atoms with Crippen molar-refractivity contribution >= 4 is 44.8 Å². The van der Waals surface area contributed by atoms with Crippen molar-refractivity contribution in [2.24, 2.45) is 5.92 Å². The molecule has 0 aliphatic carbocycles. The van der Waals surface area contributed by atoms with Gasteiger partial charge in [0.2, 0.25) is 21.8 Å². The molecule has 1 fully saturated rings. The Kier molecular flexibility index (Phi) is 6.29. The molecule has 2 amide bonds. The molecule has 2 aliphatic rings. The third kappa shape index (κ3) is 4.40. The van der Waals surface area contributed by atoms with E-state index in [2.05, 4.69) is 5.32 Å². The summed E-state index contributed by atoms with van der Waals surface area (Å²) in [7, 11) is -3.75. The van der Waals surface area contributed by atoms with Gasteiger partial charge in [0.25, 0.3) is 0 Å². The molecule has 2 aromatic rings. The van der Waals surface area contributed by atoms with Gasteiger partial charge in [0, 0.05) is 42.5 Å². The zero-order valence-electron chi connectivity index (χ0n) is 18.0. The highest BCUT2D eigenvalue weighted by Crippen LogP contribution is 2.35. The quantitative estimate of drug-likeness (QED) is 0.730. The van der Waals surface area contributed by atoms with Crippen molar-refractivity contribution in [2.45, 2.75) is 44.0 Å². The van der Waals surface area contributed by atoms with Crippen molar-refractivity contribution in [3.8, 4) is 0 Å². The van der Waals surface area contributed by atoms with Crippen LogP contribution in [0.2, 0.25) is 5.02 Å². The standard InChI is InChI=1S/C23H26ClN3O4S/c1-15-12-18-13-21(9-10-22(18)27(15)16(2)28)32(30,31)26-11-3-4-17(14-26)23(29)25-20-7-5-19(24)6-8-20/h5-10,13,15,17H,3-4,11-12,14H2,1-2H3,(H,25,29)/t15-,17+/m1/s1. The minimum atomic E-state index is -3.75. The SMILES string of the molecule is CC(=O)N1c2ccc(S(=O)(=O)N3CCC[C@H](C(=O)Nc4ccc(Cl)cc4)C3)cc2C[C@H]1C. The van der Waals surface area contributed by atoms with Crippen LogP contribution < -0.4 is 10.2 Å². The van der Waals surface area contributed by atoms with Crippen molar-refractivity contribution in [1.29, 1.82) is 0 Å². The molecular formula is C23H26ClN3O4S. The first-order valence-corrected chi connectivity index (χ1v) is 12.5. The second kappa shape index (κ2) is 8.84. The van der Waals surface area contributed by atoms with Crippen molar-refractivity contribution < 1.29 is 18.0 Å². The van der Waals surface area contributed by atoms with Gasteiger partial charge < -0.3 is 10.2 Å². The average Bonchev–Trinajstić information content (AvgIpc) is 3.10. The van der Waals surface area contributed by atoms with Gasteiger partial charge in [0.1, 0.15) is 0 Å². The van der Waals surface area contributed by atoms with Gasteiger partial charge in [-0.15, -0.1) is 0 Å². The van der Waals surface area contributed by atoms with E-state index in [0.717, 1.165) is 11.3 Å². The summed E-state index contributed by atoms with van der Waals surface area (Å²) in [5.74, 6) is -0.693. The number of piperidine rings is 1. The third-order valence-corrected chi connectivity index (χ3v) is 8.22. The fourth-order valence-corrected chi connectivity index (χ4v) is 6.25. The molecule has 0 saturated carbocycles. The van der Waals surface area contributed by atoms with E-state index in [0.29, 0.717) is 36.5 Å². The van der Waals surface area contributed by atoms with E-state index >= 15 is 0 Å². The van der Waals surface area contributed by atoms with Gasteiger partial charge in [-0.1, -0.05) is 11.6 Å². The molecule has 32 heavy (non-hydrogen) atoms. The molecule has 170 valence electrons. The lowest BCUT2D eigenvalue weighted by Crippen LogP contribution is -2.43. The van der Waals surface area contributed by atoms with Crippen molar-refractivity contribution in [3.63, 3.8) is 0 Å². The van der Waals surface area contributed by atoms with Crippen LogP contribution in [0.3, 0.4) is 0 Å². The van der Waals surface area contributed by atoms with Crippen molar-refractivity contribution in [1.82, 2.24) is 4.31 Å².